The Labute approximate surface area is 87.0 Å². The first-order valence-corrected chi connectivity index (χ1v) is 5.44. The minimum absolute atomic E-state index is 0.0427. The molecule has 0 radical (unpaired) electrons. The van der Waals surface area contributed by atoms with E-state index >= 15 is 0 Å². The van der Waals surface area contributed by atoms with Gasteiger partial charge in [-0.1, -0.05) is 0 Å². The van der Waals surface area contributed by atoms with Crippen LogP contribution in [0.5, 0.6) is 0 Å². The molecule has 1 rings (SSSR count). The maximum Gasteiger partial charge on any atom is 0.220 e. The molecule has 2 N–H and O–H groups in total. The molecular weight excluding hydrogens is 200 g/mol. The third-order valence-corrected chi connectivity index (χ3v) is 2.37. The summed E-state index contributed by atoms with van der Waals surface area (Å²) in [6.45, 7) is 2.15. The van der Waals surface area contributed by atoms with Crippen molar-refractivity contribution in [3.63, 3.8) is 0 Å². The molecule has 1 heterocycles. The van der Waals surface area contributed by atoms with E-state index in [4.69, 9.17) is 5.11 Å². The third-order valence-electron chi connectivity index (χ3n) is 1.74. The van der Waals surface area contributed by atoms with Gasteiger partial charge in [0.1, 0.15) is 0 Å². The largest absolute Gasteiger partial charge is 0.393 e. The Hall–Kier alpha value is -0.940. The van der Waals surface area contributed by atoms with Gasteiger partial charge in [-0.05, 0) is 13.3 Å². The van der Waals surface area contributed by atoms with Gasteiger partial charge in [-0.15, -0.1) is 11.3 Å². The van der Waals surface area contributed by atoms with E-state index in [2.05, 4.69) is 10.3 Å². The molecule has 4 nitrogen and oxygen atoms in total. The number of carbonyl (C=O) groups is 1. The molecule has 1 unspecified atom stereocenters. The molecule has 1 atom stereocenters. The second-order valence-electron chi connectivity index (χ2n) is 3.14. The van der Waals surface area contributed by atoms with E-state index < -0.39 is 6.10 Å². The fourth-order valence-electron chi connectivity index (χ4n) is 0.942. The Morgan fingerprint density at radius 2 is 2.57 bits per heavy atom. The zero-order valence-electron chi connectivity index (χ0n) is 8.06. The predicted octanol–water partition coefficient (Wildman–Crippen LogP) is 0.920. The van der Waals surface area contributed by atoms with Crippen molar-refractivity contribution in [1.82, 2.24) is 10.3 Å². The number of amides is 1. The molecule has 78 valence electrons. The molecule has 1 aromatic heterocycles. The molecule has 0 aliphatic heterocycles. The number of hydrogen-bond acceptors (Lipinski definition) is 4. The zero-order chi connectivity index (χ0) is 10.4. The van der Waals surface area contributed by atoms with Gasteiger partial charge in [0.05, 0.1) is 23.9 Å². The molecule has 0 spiro atoms. The van der Waals surface area contributed by atoms with Crippen molar-refractivity contribution >= 4 is 17.2 Å². The summed E-state index contributed by atoms with van der Waals surface area (Å²) in [5, 5.41) is 13.6. The fraction of sp³-hybridized carbons (Fsp3) is 0.556. The highest BCUT2D eigenvalue weighted by atomic mass is 32.1. The normalized spacial score (nSPS) is 12.4. The van der Waals surface area contributed by atoms with Crippen LogP contribution >= 0.6 is 11.3 Å². The van der Waals surface area contributed by atoms with Crippen LogP contribution in [-0.2, 0) is 11.3 Å². The van der Waals surface area contributed by atoms with Crippen LogP contribution in [0.4, 0.5) is 0 Å². The second-order valence-corrected chi connectivity index (χ2v) is 3.86. The minimum atomic E-state index is -0.417. The van der Waals surface area contributed by atoms with Crippen LogP contribution in [0.25, 0.3) is 0 Å². The molecule has 1 aromatic rings. The lowest BCUT2D eigenvalue weighted by Gasteiger charge is -2.04. The first kappa shape index (κ1) is 11.1. The highest BCUT2D eigenvalue weighted by molar-refractivity contribution is 7.07. The monoisotopic (exact) mass is 214 g/mol. The van der Waals surface area contributed by atoms with E-state index in [9.17, 15) is 4.79 Å². The first-order valence-electron chi connectivity index (χ1n) is 4.50. The van der Waals surface area contributed by atoms with Crippen molar-refractivity contribution in [3.05, 3.63) is 16.6 Å². The number of carbonyl (C=O) groups excluding carboxylic acids is 1. The quantitative estimate of drug-likeness (QED) is 0.766. The molecule has 5 heteroatoms. The van der Waals surface area contributed by atoms with Crippen molar-refractivity contribution in [1.29, 1.82) is 0 Å². The van der Waals surface area contributed by atoms with E-state index in [0.29, 0.717) is 19.4 Å². The van der Waals surface area contributed by atoms with Crippen molar-refractivity contribution in [2.45, 2.75) is 32.4 Å². The van der Waals surface area contributed by atoms with Gasteiger partial charge in [0.15, 0.2) is 0 Å². The molecule has 0 aliphatic rings. The van der Waals surface area contributed by atoms with Gasteiger partial charge in [0, 0.05) is 11.8 Å². The fourth-order valence-corrected chi connectivity index (χ4v) is 1.50. The minimum Gasteiger partial charge on any atom is -0.393 e. The number of hydrogen-bond donors (Lipinski definition) is 2. The lowest BCUT2D eigenvalue weighted by molar-refractivity contribution is -0.121. The highest BCUT2D eigenvalue weighted by Gasteiger charge is 2.04. The smallest absolute Gasteiger partial charge is 0.220 e. The number of thiazole rings is 1. The third kappa shape index (κ3) is 4.34. The summed E-state index contributed by atoms with van der Waals surface area (Å²) in [7, 11) is 0. The average Bonchev–Trinajstić information content (AvgIpc) is 2.63. The number of aliphatic hydroxyl groups is 1. The van der Waals surface area contributed by atoms with Crippen LogP contribution in [0, 0.1) is 0 Å². The van der Waals surface area contributed by atoms with E-state index in [1.165, 1.54) is 11.3 Å². The average molecular weight is 214 g/mol. The van der Waals surface area contributed by atoms with Crippen LogP contribution in [0.1, 0.15) is 25.5 Å². The Bertz CT molecular complexity index is 272. The summed E-state index contributed by atoms with van der Waals surface area (Å²) < 4.78 is 0. The van der Waals surface area contributed by atoms with E-state index in [-0.39, 0.29) is 5.91 Å². The molecule has 14 heavy (non-hydrogen) atoms. The molecule has 1 amide bonds. The number of aliphatic hydroxyl groups excluding tert-OH is 1. The van der Waals surface area contributed by atoms with Crippen molar-refractivity contribution < 1.29 is 9.90 Å². The van der Waals surface area contributed by atoms with Crippen LogP contribution < -0.4 is 5.32 Å². The van der Waals surface area contributed by atoms with Gasteiger partial charge < -0.3 is 10.4 Å². The van der Waals surface area contributed by atoms with Crippen LogP contribution in [0.15, 0.2) is 10.9 Å². The van der Waals surface area contributed by atoms with Crippen LogP contribution in [0.3, 0.4) is 0 Å². The molecule has 0 bridgehead atoms. The molecule has 0 saturated heterocycles. The number of aromatic nitrogens is 1. The molecular formula is C9H14N2O2S. The van der Waals surface area contributed by atoms with E-state index in [1.807, 2.05) is 5.38 Å². The summed E-state index contributed by atoms with van der Waals surface area (Å²) in [6, 6.07) is 0. The number of rotatable bonds is 5. The number of nitrogens with zero attached hydrogens (tertiary/aromatic N) is 1. The first-order chi connectivity index (χ1) is 6.68. The van der Waals surface area contributed by atoms with E-state index in [0.717, 1.165) is 5.69 Å². The van der Waals surface area contributed by atoms with Gasteiger partial charge >= 0.3 is 0 Å². The van der Waals surface area contributed by atoms with E-state index in [1.54, 1.807) is 12.4 Å². The van der Waals surface area contributed by atoms with Gasteiger partial charge in [0.2, 0.25) is 5.91 Å². The summed E-state index contributed by atoms with van der Waals surface area (Å²) in [5.74, 6) is -0.0427. The Balaban J connectivity index is 2.15. The maximum absolute atomic E-state index is 11.2. The zero-order valence-corrected chi connectivity index (χ0v) is 8.88. The van der Waals surface area contributed by atoms with Gasteiger partial charge in [-0.3, -0.25) is 4.79 Å². The predicted molar refractivity (Wildman–Crippen MR) is 54.9 cm³/mol. The second kappa shape index (κ2) is 5.72. The lowest BCUT2D eigenvalue weighted by Crippen LogP contribution is -2.23. The van der Waals surface area contributed by atoms with Gasteiger partial charge in [-0.2, -0.15) is 0 Å². The van der Waals surface area contributed by atoms with Gasteiger partial charge in [-0.25, -0.2) is 4.98 Å². The molecule has 0 saturated carbocycles. The summed E-state index contributed by atoms with van der Waals surface area (Å²) >= 11 is 1.51. The van der Waals surface area contributed by atoms with Crippen LogP contribution in [0.2, 0.25) is 0 Å². The van der Waals surface area contributed by atoms with Crippen LogP contribution in [-0.4, -0.2) is 22.1 Å². The lowest BCUT2D eigenvalue weighted by atomic mass is 10.2. The Kier molecular flexibility index (Phi) is 4.55. The Morgan fingerprint density at radius 3 is 3.14 bits per heavy atom. The van der Waals surface area contributed by atoms with Crippen molar-refractivity contribution in [2.75, 3.05) is 0 Å². The summed E-state index contributed by atoms with van der Waals surface area (Å²) in [6.07, 6.45) is 0.449. The molecule has 0 aliphatic carbocycles. The highest BCUT2D eigenvalue weighted by Crippen LogP contribution is 2.00. The molecule has 0 fully saturated rings. The van der Waals surface area contributed by atoms with Crippen molar-refractivity contribution in [3.8, 4) is 0 Å². The standard InChI is InChI=1S/C9H14N2O2S/c1-7(12)2-3-9(13)10-4-8-5-14-6-11-8/h5-7,12H,2-4H2,1H3,(H,10,13). The van der Waals surface area contributed by atoms with Crippen molar-refractivity contribution in [2.24, 2.45) is 0 Å². The maximum atomic E-state index is 11.2. The summed E-state index contributed by atoms with van der Waals surface area (Å²) in [4.78, 5) is 15.2. The topological polar surface area (TPSA) is 62.2 Å². The number of nitrogens with one attached hydrogen (secondary N) is 1. The Morgan fingerprint density at radius 1 is 1.79 bits per heavy atom. The molecule has 0 aromatic carbocycles. The summed E-state index contributed by atoms with van der Waals surface area (Å²) in [5.41, 5.74) is 2.61. The van der Waals surface area contributed by atoms with Gasteiger partial charge in [0.25, 0.3) is 0 Å². The SMILES string of the molecule is CC(O)CCC(=O)NCc1cscn1.